The quantitative estimate of drug-likeness (QED) is 0.355. The van der Waals surface area contributed by atoms with Crippen LogP contribution < -0.4 is 10.1 Å². The second kappa shape index (κ2) is 8.30. The first-order valence-electron chi connectivity index (χ1n) is 7.58. The van der Waals surface area contributed by atoms with Crippen molar-refractivity contribution in [3.8, 4) is 17.6 Å². The molecule has 0 fully saturated rings. The fraction of sp³-hybridized carbons (Fsp3) is 0.111. The van der Waals surface area contributed by atoms with Crippen LogP contribution in [-0.4, -0.2) is 22.5 Å². The van der Waals surface area contributed by atoms with Crippen LogP contribution in [0.15, 0.2) is 48.0 Å². The number of nitro groups is 1. The summed E-state index contributed by atoms with van der Waals surface area (Å²) in [6.45, 7) is 2.30. The number of benzene rings is 2. The van der Waals surface area contributed by atoms with Gasteiger partial charge in [-0.25, -0.2) is 0 Å². The van der Waals surface area contributed by atoms with Crippen molar-refractivity contribution in [3.63, 3.8) is 0 Å². The van der Waals surface area contributed by atoms with Gasteiger partial charge >= 0.3 is 5.69 Å². The molecule has 1 amide bonds. The fourth-order valence-electron chi connectivity index (χ4n) is 2.12. The highest BCUT2D eigenvalue weighted by atomic mass is 16.6. The van der Waals surface area contributed by atoms with Crippen LogP contribution in [0.4, 0.5) is 11.4 Å². The molecule has 0 saturated carbocycles. The Morgan fingerprint density at radius 2 is 2.15 bits per heavy atom. The van der Waals surface area contributed by atoms with Crippen molar-refractivity contribution in [1.82, 2.24) is 0 Å². The SMILES string of the molecule is CCOc1cccc(NC(=O)C(C#N)=Cc2ccc(O)c([N+](=O)[O-])c2)c1. The third-order valence-corrected chi connectivity index (χ3v) is 3.28. The van der Waals surface area contributed by atoms with Crippen molar-refractivity contribution in [1.29, 1.82) is 5.26 Å². The van der Waals surface area contributed by atoms with Crippen LogP contribution in [0.5, 0.6) is 11.5 Å². The Morgan fingerprint density at radius 1 is 1.38 bits per heavy atom. The number of nitro benzene ring substituents is 1. The average molecular weight is 353 g/mol. The number of hydrogen-bond donors (Lipinski definition) is 2. The summed E-state index contributed by atoms with van der Waals surface area (Å²) in [5, 5.41) is 32.1. The molecule has 0 aliphatic rings. The molecule has 2 aromatic carbocycles. The Labute approximate surface area is 149 Å². The monoisotopic (exact) mass is 353 g/mol. The molecule has 2 N–H and O–H groups in total. The van der Waals surface area contributed by atoms with Gasteiger partial charge in [-0.15, -0.1) is 0 Å². The minimum absolute atomic E-state index is 0.240. The molecule has 132 valence electrons. The minimum Gasteiger partial charge on any atom is -0.502 e. The van der Waals surface area contributed by atoms with Crippen LogP contribution in [-0.2, 0) is 4.79 Å². The van der Waals surface area contributed by atoms with E-state index in [1.165, 1.54) is 12.1 Å². The van der Waals surface area contributed by atoms with Crippen LogP contribution >= 0.6 is 0 Å². The molecule has 2 rings (SSSR count). The van der Waals surface area contributed by atoms with Crippen LogP contribution in [0.25, 0.3) is 6.08 Å². The number of anilines is 1. The minimum atomic E-state index is -0.752. The molecule has 2 aromatic rings. The van der Waals surface area contributed by atoms with Gasteiger partial charge in [-0.05, 0) is 36.8 Å². The lowest BCUT2D eigenvalue weighted by atomic mass is 10.1. The first-order chi connectivity index (χ1) is 12.4. The number of hydrogen-bond acceptors (Lipinski definition) is 6. The number of phenolic OH excluding ortho intramolecular Hbond substituents is 1. The van der Waals surface area contributed by atoms with Crippen molar-refractivity contribution in [2.24, 2.45) is 0 Å². The normalized spacial score (nSPS) is 10.7. The lowest BCUT2D eigenvalue weighted by molar-refractivity contribution is -0.385. The van der Waals surface area contributed by atoms with E-state index in [1.54, 1.807) is 30.3 Å². The Bertz CT molecular complexity index is 915. The molecule has 8 heteroatoms. The van der Waals surface area contributed by atoms with Gasteiger partial charge in [-0.2, -0.15) is 5.26 Å². The lowest BCUT2D eigenvalue weighted by Crippen LogP contribution is -2.13. The highest BCUT2D eigenvalue weighted by Crippen LogP contribution is 2.27. The number of nitriles is 1. The van der Waals surface area contributed by atoms with Crippen LogP contribution in [0.1, 0.15) is 12.5 Å². The van der Waals surface area contributed by atoms with Crippen molar-refractivity contribution in [2.45, 2.75) is 6.92 Å². The van der Waals surface area contributed by atoms with E-state index in [4.69, 9.17) is 4.74 Å². The van der Waals surface area contributed by atoms with E-state index in [2.05, 4.69) is 5.32 Å². The topological polar surface area (TPSA) is 125 Å². The molecule has 0 saturated heterocycles. The largest absolute Gasteiger partial charge is 0.502 e. The maximum Gasteiger partial charge on any atom is 0.311 e. The second-order valence-corrected chi connectivity index (χ2v) is 5.09. The summed E-state index contributed by atoms with van der Waals surface area (Å²) in [4.78, 5) is 22.4. The number of nitrogens with zero attached hydrogens (tertiary/aromatic N) is 2. The second-order valence-electron chi connectivity index (χ2n) is 5.09. The Morgan fingerprint density at radius 3 is 2.81 bits per heavy atom. The summed E-state index contributed by atoms with van der Waals surface area (Å²) in [7, 11) is 0. The van der Waals surface area contributed by atoms with Gasteiger partial charge in [0.15, 0.2) is 5.75 Å². The predicted molar refractivity (Wildman–Crippen MR) is 94.6 cm³/mol. The summed E-state index contributed by atoms with van der Waals surface area (Å²) < 4.78 is 5.34. The number of amides is 1. The number of rotatable bonds is 6. The Kier molecular flexibility index (Phi) is 5.90. The number of carbonyl (C=O) groups excluding carboxylic acids is 1. The first kappa shape index (κ1) is 18.5. The number of ether oxygens (including phenoxy) is 1. The number of aromatic hydroxyl groups is 1. The molecule has 8 nitrogen and oxygen atoms in total. The van der Waals surface area contributed by atoms with Gasteiger partial charge < -0.3 is 15.2 Å². The van der Waals surface area contributed by atoms with Crippen molar-refractivity contribution >= 4 is 23.4 Å². The highest BCUT2D eigenvalue weighted by Gasteiger charge is 2.15. The van der Waals surface area contributed by atoms with E-state index in [9.17, 15) is 25.3 Å². The zero-order valence-corrected chi connectivity index (χ0v) is 13.8. The molecule has 0 bridgehead atoms. The summed E-state index contributed by atoms with van der Waals surface area (Å²) >= 11 is 0. The van der Waals surface area contributed by atoms with Crippen molar-refractivity contribution < 1.29 is 19.6 Å². The Balaban J connectivity index is 2.25. The lowest BCUT2D eigenvalue weighted by Gasteiger charge is -2.07. The van der Waals surface area contributed by atoms with Gasteiger partial charge in [0.25, 0.3) is 5.91 Å². The number of carbonyl (C=O) groups is 1. The fourth-order valence-corrected chi connectivity index (χ4v) is 2.12. The molecular weight excluding hydrogens is 338 g/mol. The first-order valence-corrected chi connectivity index (χ1v) is 7.58. The smallest absolute Gasteiger partial charge is 0.311 e. The van der Waals surface area contributed by atoms with E-state index in [-0.39, 0.29) is 11.1 Å². The maximum atomic E-state index is 12.3. The molecule has 26 heavy (non-hydrogen) atoms. The molecule has 0 atom stereocenters. The molecular formula is C18H15N3O5. The van der Waals surface area contributed by atoms with Gasteiger partial charge in [0.1, 0.15) is 17.4 Å². The van der Waals surface area contributed by atoms with Gasteiger partial charge in [0.05, 0.1) is 11.5 Å². The van der Waals surface area contributed by atoms with Crippen LogP contribution in [0, 0.1) is 21.4 Å². The van der Waals surface area contributed by atoms with Gasteiger partial charge in [-0.3, -0.25) is 14.9 Å². The van der Waals surface area contributed by atoms with Crippen LogP contribution in [0.3, 0.4) is 0 Å². The third-order valence-electron chi connectivity index (χ3n) is 3.28. The highest BCUT2D eigenvalue weighted by molar-refractivity contribution is 6.09. The summed E-state index contributed by atoms with van der Waals surface area (Å²) in [6, 6.07) is 12.0. The molecule has 0 spiro atoms. The van der Waals surface area contributed by atoms with Crippen molar-refractivity contribution in [2.75, 3.05) is 11.9 Å². The van der Waals surface area contributed by atoms with E-state index >= 15 is 0 Å². The van der Waals surface area contributed by atoms with Gasteiger partial charge in [0.2, 0.25) is 0 Å². The van der Waals surface area contributed by atoms with E-state index in [0.717, 1.165) is 12.1 Å². The predicted octanol–water partition coefficient (Wildman–Crippen LogP) is 3.24. The summed E-state index contributed by atoms with van der Waals surface area (Å²) in [5.74, 6) is -0.596. The third kappa shape index (κ3) is 4.58. The zero-order chi connectivity index (χ0) is 19.1. The summed E-state index contributed by atoms with van der Waals surface area (Å²) in [5.41, 5.74) is -0.0734. The molecule has 0 heterocycles. The van der Waals surface area contributed by atoms with Gasteiger partial charge in [0, 0.05) is 17.8 Å². The Hall–Kier alpha value is -3.86. The average Bonchev–Trinajstić information content (AvgIpc) is 2.61. The molecule has 0 aliphatic heterocycles. The van der Waals surface area contributed by atoms with Gasteiger partial charge in [-0.1, -0.05) is 12.1 Å². The number of nitrogens with one attached hydrogen (secondary N) is 1. The molecule has 0 radical (unpaired) electrons. The molecule has 0 aliphatic carbocycles. The van der Waals surface area contributed by atoms with E-state index < -0.39 is 22.3 Å². The molecule has 0 aromatic heterocycles. The van der Waals surface area contributed by atoms with Crippen molar-refractivity contribution in [3.05, 3.63) is 63.7 Å². The van der Waals surface area contributed by atoms with E-state index in [1.807, 2.05) is 6.92 Å². The van der Waals surface area contributed by atoms with E-state index in [0.29, 0.717) is 18.0 Å². The number of phenols is 1. The standard InChI is InChI=1S/C18H15N3O5/c1-2-26-15-5-3-4-14(10-15)20-18(23)13(11-19)8-12-6-7-17(22)16(9-12)21(24)25/h3-10,22H,2H2,1H3,(H,20,23). The summed E-state index contributed by atoms with van der Waals surface area (Å²) in [6.07, 6.45) is 1.20. The molecule has 0 unspecified atom stereocenters. The van der Waals surface area contributed by atoms with Crippen LogP contribution in [0.2, 0.25) is 0 Å². The maximum absolute atomic E-state index is 12.3. The zero-order valence-electron chi connectivity index (χ0n) is 13.8.